The molecule has 0 spiro atoms. The number of hydrogen-bond acceptors (Lipinski definition) is 6. The predicted octanol–water partition coefficient (Wildman–Crippen LogP) is 0.874. The minimum atomic E-state index is -0.463. The number of nitrogens with two attached hydrogens (primary N) is 1. The molecule has 1 rings (SSSR count). The van der Waals surface area contributed by atoms with Crippen LogP contribution in [0.25, 0.3) is 0 Å². The van der Waals surface area contributed by atoms with Crippen LogP contribution in [0.15, 0.2) is 18.5 Å². The SMILES string of the molecule is COCCCOCCOC(=O)c1ccncc1N. The second-order valence-corrected chi connectivity index (χ2v) is 3.56. The number of esters is 1. The summed E-state index contributed by atoms with van der Waals surface area (Å²) >= 11 is 0. The number of ether oxygens (including phenoxy) is 3. The number of carbonyl (C=O) groups is 1. The summed E-state index contributed by atoms with van der Waals surface area (Å²) in [5.74, 6) is -0.463. The molecule has 2 N–H and O–H groups in total. The Morgan fingerprint density at radius 1 is 1.33 bits per heavy atom. The lowest BCUT2D eigenvalue weighted by molar-refractivity contribution is 0.0289. The zero-order chi connectivity index (χ0) is 13.2. The molecule has 0 fully saturated rings. The Morgan fingerprint density at radius 2 is 2.17 bits per heavy atom. The zero-order valence-corrected chi connectivity index (χ0v) is 10.4. The van der Waals surface area contributed by atoms with Gasteiger partial charge in [0.15, 0.2) is 0 Å². The van der Waals surface area contributed by atoms with Gasteiger partial charge in [0.05, 0.1) is 24.1 Å². The van der Waals surface area contributed by atoms with Crippen LogP contribution in [0.4, 0.5) is 5.69 Å². The highest BCUT2D eigenvalue weighted by Gasteiger charge is 2.10. The fourth-order valence-electron chi connectivity index (χ4n) is 1.27. The highest BCUT2D eigenvalue weighted by atomic mass is 16.6. The molecule has 6 nitrogen and oxygen atoms in total. The third kappa shape index (κ3) is 5.11. The van der Waals surface area contributed by atoms with E-state index in [1.807, 2.05) is 0 Å². The van der Waals surface area contributed by atoms with Gasteiger partial charge in [0.1, 0.15) is 6.61 Å². The van der Waals surface area contributed by atoms with E-state index in [0.29, 0.717) is 31.1 Å². The van der Waals surface area contributed by atoms with Crippen molar-refractivity contribution in [1.29, 1.82) is 0 Å². The van der Waals surface area contributed by atoms with Gasteiger partial charge in [0.25, 0.3) is 0 Å². The summed E-state index contributed by atoms with van der Waals surface area (Å²) in [6, 6.07) is 1.52. The molecule has 0 saturated carbocycles. The molecular weight excluding hydrogens is 236 g/mol. The van der Waals surface area contributed by atoms with E-state index in [1.54, 1.807) is 7.11 Å². The normalized spacial score (nSPS) is 10.3. The number of methoxy groups -OCH3 is 1. The summed E-state index contributed by atoms with van der Waals surface area (Å²) in [7, 11) is 1.64. The van der Waals surface area contributed by atoms with Gasteiger partial charge in [-0.25, -0.2) is 4.79 Å². The minimum absolute atomic E-state index is 0.202. The van der Waals surface area contributed by atoms with E-state index in [2.05, 4.69) is 4.98 Å². The van der Waals surface area contributed by atoms with Gasteiger partial charge in [-0.2, -0.15) is 0 Å². The van der Waals surface area contributed by atoms with Crippen LogP contribution < -0.4 is 5.73 Å². The van der Waals surface area contributed by atoms with Gasteiger partial charge >= 0.3 is 5.97 Å². The third-order valence-electron chi connectivity index (χ3n) is 2.17. The van der Waals surface area contributed by atoms with Crippen molar-refractivity contribution in [3.05, 3.63) is 24.0 Å². The Labute approximate surface area is 106 Å². The summed E-state index contributed by atoms with van der Waals surface area (Å²) in [4.78, 5) is 15.4. The average Bonchev–Trinajstić information content (AvgIpc) is 2.38. The van der Waals surface area contributed by atoms with Gasteiger partial charge in [0, 0.05) is 26.5 Å². The van der Waals surface area contributed by atoms with Crippen molar-refractivity contribution in [2.45, 2.75) is 6.42 Å². The first kappa shape index (κ1) is 14.4. The summed E-state index contributed by atoms with van der Waals surface area (Å²) in [5, 5.41) is 0. The second-order valence-electron chi connectivity index (χ2n) is 3.56. The van der Waals surface area contributed by atoms with E-state index >= 15 is 0 Å². The molecule has 1 aromatic rings. The number of rotatable bonds is 8. The largest absolute Gasteiger partial charge is 0.460 e. The molecule has 0 aliphatic carbocycles. The van der Waals surface area contributed by atoms with Crippen LogP contribution >= 0.6 is 0 Å². The first-order valence-electron chi connectivity index (χ1n) is 5.69. The maximum absolute atomic E-state index is 11.6. The lowest BCUT2D eigenvalue weighted by Gasteiger charge is -2.07. The summed E-state index contributed by atoms with van der Waals surface area (Å²) in [6.45, 7) is 1.81. The number of carbonyl (C=O) groups excluding carboxylic acids is 1. The van der Waals surface area contributed by atoms with E-state index in [1.165, 1.54) is 18.5 Å². The molecule has 0 aliphatic rings. The van der Waals surface area contributed by atoms with Crippen molar-refractivity contribution < 1.29 is 19.0 Å². The van der Waals surface area contributed by atoms with Gasteiger partial charge in [-0.15, -0.1) is 0 Å². The minimum Gasteiger partial charge on any atom is -0.460 e. The van der Waals surface area contributed by atoms with E-state index < -0.39 is 5.97 Å². The molecule has 0 saturated heterocycles. The van der Waals surface area contributed by atoms with Gasteiger partial charge < -0.3 is 19.9 Å². The molecule has 100 valence electrons. The summed E-state index contributed by atoms with van der Waals surface area (Å²) < 4.78 is 15.1. The van der Waals surface area contributed by atoms with E-state index in [-0.39, 0.29) is 6.61 Å². The van der Waals surface area contributed by atoms with Crippen molar-refractivity contribution in [3.8, 4) is 0 Å². The fourth-order valence-corrected chi connectivity index (χ4v) is 1.27. The summed E-state index contributed by atoms with van der Waals surface area (Å²) in [6.07, 6.45) is 3.73. The van der Waals surface area contributed by atoms with Crippen LogP contribution in [0.3, 0.4) is 0 Å². The summed E-state index contributed by atoms with van der Waals surface area (Å²) in [5.41, 5.74) is 6.23. The van der Waals surface area contributed by atoms with Crippen LogP contribution in [0, 0.1) is 0 Å². The lowest BCUT2D eigenvalue weighted by Crippen LogP contribution is -2.13. The van der Waals surface area contributed by atoms with Crippen molar-refractivity contribution in [2.24, 2.45) is 0 Å². The van der Waals surface area contributed by atoms with Crippen LogP contribution in [-0.2, 0) is 14.2 Å². The molecule has 6 heteroatoms. The maximum atomic E-state index is 11.6. The van der Waals surface area contributed by atoms with E-state index in [9.17, 15) is 4.79 Å². The molecule has 0 atom stereocenters. The maximum Gasteiger partial charge on any atom is 0.340 e. The van der Waals surface area contributed by atoms with Gasteiger partial charge in [-0.05, 0) is 12.5 Å². The van der Waals surface area contributed by atoms with Crippen LogP contribution in [0.1, 0.15) is 16.8 Å². The Balaban J connectivity index is 2.16. The molecule has 0 bridgehead atoms. The van der Waals surface area contributed by atoms with Gasteiger partial charge in [0.2, 0.25) is 0 Å². The zero-order valence-electron chi connectivity index (χ0n) is 10.4. The second kappa shape index (κ2) is 8.43. The molecule has 18 heavy (non-hydrogen) atoms. The number of anilines is 1. The Bertz CT molecular complexity index is 371. The highest BCUT2D eigenvalue weighted by Crippen LogP contribution is 2.09. The van der Waals surface area contributed by atoms with Crippen LogP contribution in [0.2, 0.25) is 0 Å². The standard InChI is InChI=1S/C12H18N2O4/c1-16-5-2-6-17-7-8-18-12(15)10-3-4-14-9-11(10)13/h3-4,9H,2,5-8,13H2,1H3. The first-order chi connectivity index (χ1) is 8.75. The number of nitrogens with zero attached hydrogens (tertiary/aromatic N) is 1. The van der Waals surface area contributed by atoms with Crippen molar-refractivity contribution >= 4 is 11.7 Å². The highest BCUT2D eigenvalue weighted by molar-refractivity contribution is 5.94. The van der Waals surface area contributed by atoms with Gasteiger partial charge in [-0.3, -0.25) is 4.98 Å². The molecule has 0 amide bonds. The Morgan fingerprint density at radius 3 is 2.89 bits per heavy atom. The van der Waals surface area contributed by atoms with E-state index in [4.69, 9.17) is 19.9 Å². The molecule has 0 aromatic carbocycles. The van der Waals surface area contributed by atoms with Crippen LogP contribution in [-0.4, -0.2) is 44.5 Å². The molecule has 1 aromatic heterocycles. The molecule has 0 aliphatic heterocycles. The van der Waals surface area contributed by atoms with Crippen molar-refractivity contribution in [1.82, 2.24) is 4.98 Å². The predicted molar refractivity (Wildman–Crippen MR) is 66.2 cm³/mol. The lowest BCUT2D eigenvalue weighted by atomic mass is 10.2. The quantitative estimate of drug-likeness (QED) is 0.547. The van der Waals surface area contributed by atoms with Crippen LogP contribution in [0.5, 0.6) is 0 Å². The molecular formula is C12H18N2O4. The Hall–Kier alpha value is -1.66. The first-order valence-corrected chi connectivity index (χ1v) is 5.69. The monoisotopic (exact) mass is 254 g/mol. The Kier molecular flexibility index (Phi) is 6.75. The fraction of sp³-hybridized carbons (Fsp3) is 0.500. The number of pyridine rings is 1. The van der Waals surface area contributed by atoms with Crippen molar-refractivity contribution in [3.63, 3.8) is 0 Å². The number of hydrogen-bond donors (Lipinski definition) is 1. The van der Waals surface area contributed by atoms with Crippen molar-refractivity contribution in [2.75, 3.05) is 39.3 Å². The average molecular weight is 254 g/mol. The smallest absolute Gasteiger partial charge is 0.340 e. The molecule has 0 radical (unpaired) electrons. The number of nitrogen functional groups attached to an aromatic ring is 1. The molecule has 0 unspecified atom stereocenters. The number of aromatic nitrogens is 1. The molecule has 1 heterocycles. The van der Waals surface area contributed by atoms with E-state index in [0.717, 1.165) is 6.42 Å². The topological polar surface area (TPSA) is 83.7 Å². The van der Waals surface area contributed by atoms with Gasteiger partial charge in [-0.1, -0.05) is 0 Å². The third-order valence-corrected chi connectivity index (χ3v) is 2.17.